The molecule has 2 aromatic heterocycles. The highest BCUT2D eigenvalue weighted by Crippen LogP contribution is 2.37. The topological polar surface area (TPSA) is 82.9 Å². The number of nitrogens with one attached hydrogen (secondary N) is 2. The van der Waals surface area contributed by atoms with Crippen LogP contribution >= 0.6 is 0 Å². The van der Waals surface area contributed by atoms with Gasteiger partial charge in [0.15, 0.2) is 5.65 Å². The Morgan fingerprint density at radius 3 is 3.08 bits per heavy atom. The molecule has 2 saturated heterocycles. The number of hydrogen-bond donors (Lipinski definition) is 2. The van der Waals surface area contributed by atoms with Gasteiger partial charge in [0, 0.05) is 43.9 Å². The zero-order valence-corrected chi connectivity index (χ0v) is 13.6. The molecular formula is C18H21N5O. The van der Waals surface area contributed by atoms with Crippen LogP contribution in [0.4, 0.5) is 5.82 Å². The molecule has 2 N–H and O–H groups in total. The minimum Gasteiger partial charge on any atom is -0.381 e. The van der Waals surface area contributed by atoms with Crippen LogP contribution in [0, 0.1) is 16.7 Å². The van der Waals surface area contributed by atoms with E-state index in [9.17, 15) is 5.26 Å². The molecule has 1 spiro atoms. The van der Waals surface area contributed by atoms with Crippen molar-refractivity contribution in [2.75, 3.05) is 31.6 Å². The third kappa shape index (κ3) is 2.93. The molecule has 2 aliphatic rings. The zero-order chi connectivity index (χ0) is 16.4. The smallest absolute Gasteiger partial charge is 0.161 e. The highest BCUT2D eigenvalue weighted by Gasteiger charge is 2.37. The van der Waals surface area contributed by atoms with E-state index in [0.717, 1.165) is 51.0 Å². The third-order valence-electron chi connectivity index (χ3n) is 5.17. The molecule has 2 aromatic rings. The van der Waals surface area contributed by atoms with Gasteiger partial charge in [0.1, 0.15) is 11.9 Å². The van der Waals surface area contributed by atoms with Crippen LogP contribution in [0.2, 0.25) is 0 Å². The molecule has 4 heterocycles. The van der Waals surface area contributed by atoms with Gasteiger partial charge in [0.25, 0.3) is 0 Å². The molecule has 2 fully saturated rings. The lowest BCUT2D eigenvalue weighted by atomic mass is 9.73. The average molecular weight is 323 g/mol. The van der Waals surface area contributed by atoms with Crippen LogP contribution in [-0.2, 0) is 4.74 Å². The van der Waals surface area contributed by atoms with Crippen molar-refractivity contribution in [3.8, 4) is 6.07 Å². The summed E-state index contributed by atoms with van der Waals surface area (Å²) in [6, 6.07) is 8.17. The highest BCUT2D eigenvalue weighted by molar-refractivity contribution is 5.79. The van der Waals surface area contributed by atoms with Gasteiger partial charge in [-0.15, -0.1) is 0 Å². The Kier molecular flexibility index (Phi) is 4.05. The molecule has 2 aliphatic heterocycles. The first kappa shape index (κ1) is 15.3. The van der Waals surface area contributed by atoms with Crippen LogP contribution in [0.1, 0.15) is 24.8 Å². The molecule has 1 atom stereocenters. The van der Waals surface area contributed by atoms with Crippen LogP contribution in [0.5, 0.6) is 0 Å². The fourth-order valence-electron chi connectivity index (χ4n) is 3.86. The van der Waals surface area contributed by atoms with Gasteiger partial charge in [0.05, 0.1) is 5.56 Å². The first-order valence-corrected chi connectivity index (χ1v) is 8.49. The van der Waals surface area contributed by atoms with Crippen molar-refractivity contribution < 1.29 is 4.74 Å². The number of hydrogen-bond acceptors (Lipinski definition) is 6. The van der Waals surface area contributed by atoms with E-state index in [2.05, 4.69) is 26.7 Å². The van der Waals surface area contributed by atoms with Gasteiger partial charge in [0.2, 0.25) is 0 Å². The van der Waals surface area contributed by atoms with Crippen LogP contribution in [-0.4, -0.2) is 42.3 Å². The molecule has 1 unspecified atom stereocenters. The summed E-state index contributed by atoms with van der Waals surface area (Å²) in [5.41, 5.74) is 1.54. The monoisotopic (exact) mass is 323 g/mol. The van der Waals surface area contributed by atoms with Crippen LogP contribution < -0.4 is 10.6 Å². The second kappa shape index (κ2) is 6.34. The van der Waals surface area contributed by atoms with Gasteiger partial charge in [-0.05, 0) is 42.9 Å². The molecule has 0 radical (unpaired) electrons. The van der Waals surface area contributed by atoms with Crippen LogP contribution in [0.3, 0.4) is 0 Å². The van der Waals surface area contributed by atoms with E-state index >= 15 is 0 Å². The number of nitriles is 1. The standard InChI is InChI=1S/C18H21N5O/c19-10-14-8-13-2-1-5-21-16(13)23-17(14)22-15-9-18(12-20-11-15)3-6-24-7-4-18/h1-2,5,8,15,20H,3-4,6-7,9,11-12H2,(H,21,22,23). The quantitative estimate of drug-likeness (QED) is 0.880. The predicted molar refractivity (Wildman–Crippen MR) is 91.6 cm³/mol. The summed E-state index contributed by atoms with van der Waals surface area (Å²) >= 11 is 0. The first-order chi connectivity index (χ1) is 11.8. The molecule has 124 valence electrons. The van der Waals surface area contributed by atoms with Crippen LogP contribution in [0.25, 0.3) is 11.0 Å². The van der Waals surface area contributed by atoms with E-state index in [-0.39, 0.29) is 6.04 Å². The van der Waals surface area contributed by atoms with Crippen LogP contribution in [0.15, 0.2) is 24.4 Å². The van der Waals surface area contributed by atoms with Gasteiger partial charge >= 0.3 is 0 Å². The average Bonchev–Trinajstić information content (AvgIpc) is 2.62. The van der Waals surface area contributed by atoms with E-state index in [4.69, 9.17) is 4.74 Å². The number of fused-ring (bicyclic) bond motifs is 1. The Balaban J connectivity index is 1.58. The zero-order valence-electron chi connectivity index (χ0n) is 13.6. The summed E-state index contributed by atoms with van der Waals surface area (Å²) in [7, 11) is 0. The lowest BCUT2D eigenvalue weighted by Crippen LogP contribution is -2.51. The minimum atomic E-state index is 0.262. The predicted octanol–water partition coefficient (Wildman–Crippen LogP) is 2.07. The van der Waals surface area contributed by atoms with Gasteiger partial charge in [-0.2, -0.15) is 5.26 Å². The number of piperidine rings is 1. The second-order valence-electron chi connectivity index (χ2n) is 6.84. The summed E-state index contributed by atoms with van der Waals surface area (Å²) in [5.74, 6) is 0.639. The van der Waals surface area contributed by atoms with Crippen molar-refractivity contribution in [3.05, 3.63) is 30.0 Å². The largest absolute Gasteiger partial charge is 0.381 e. The lowest BCUT2D eigenvalue weighted by Gasteiger charge is -2.44. The van der Waals surface area contributed by atoms with Crippen molar-refractivity contribution in [1.82, 2.24) is 15.3 Å². The molecule has 0 amide bonds. The molecule has 4 rings (SSSR count). The Bertz CT molecular complexity index is 773. The lowest BCUT2D eigenvalue weighted by molar-refractivity contribution is 0.000355. The minimum absolute atomic E-state index is 0.262. The maximum Gasteiger partial charge on any atom is 0.161 e. The summed E-state index contributed by atoms with van der Waals surface area (Å²) < 4.78 is 5.52. The maximum absolute atomic E-state index is 9.47. The summed E-state index contributed by atoms with van der Waals surface area (Å²) in [4.78, 5) is 8.88. The summed E-state index contributed by atoms with van der Waals surface area (Å²) in [5, 5.41) is 17.4. The van der Waals surface area contributed by atoms with E-state index in [1.807, 2.05) is 18.2 Å². The first-order valence-electron chi connectivity index (χ1n) is 8.49. The summed E-state index contributed by atoms with van der Waals surface area (Å²) in [6.07, 6.45) is 4.99. The number of pyridine rings is 2. The molecule has 0 aliphatic carbocycles. The molecule has 0 bridgehead atoms. The van der Waals surface area contributed by atoms with Gasteiger partial charge in [-0.3, -0.25) is 0 Å². The van der Waals surface area contributed by atoms with Crippen molar-refractivity contribution >= 4 is 16.9 Å². The molecule has 24 heavy (non-hydrogen) atoms. The number of aromatic nitrogens is 2. The molecule has 0 saturated carbocycles. The van der Waals surface area contributed by atoms with E-state index < -0.39 is 0 Å². The van der Waals surface area contributed by atoms with E-state index in [1.165, 1.54) is 0 Å². The van der Waals surface area contributed by atoms with Crippen molar-refractivity contribution in [2.45, 2.75) is 25.3 Å². The Morgan fingerprint density at radius 2 is 2.25 bits per heavy atom. The van der Waals surface area contributed by atoms with Gasteiger partial charge in [-0.25, -0.2) is 9.97 Å². The Morgan fingerprint density at radius 1 is 1.38 bits per heavy atom. The van der Waals surface area contributed by atoms with Crippen molar-refractivity contribution in [2.24, 2.45) is 5.41 Å². The van der Waals surface area contributed by atoms with Gasteiger partial charge in [-0.1, -0.05) is 0 Å². The Hall–Kier alpha value is -2.23. The maximum atomic E-state index is 9.47. The highest BCUT2D eigenvalue weighted by atomic mass is 16.5. The second-order valence-corrected chi connectivity index (χ2v) is 6.84. The molecule has 0 aromatic carbocycles. The van der Waals surface area contributed by atoms with Crippen molar-refractivity contribution in [3.63, 3.8) is 0 Å². The molecule has 6 heteroatoms. The normalized spacial score (nSPS) is 23.0. The fourth-order valence-corrected chi connectivity index (χ4v) is 3.86. The summed E-state index contributed by atoms with van der Waals surface area (Å²) in [6.45, 7) is 3.62. The van der Waals surface area contributed by atoms with Crippen molar-refractivity contribution in [1.29, 1.82) is 5.26 Å². The van der Waals surface area contributed by atoms with E-state index in [1.54, 1.807) is 6.20 Å². The molecular weight excluding hydrogens is 302 g/mol. The number of rotatable bonds is 2. The number of anilines is 1. The number of ether oxygens (including phenoxy) is 1. The SMILES string of the molecule is N#Cc1cc2cccnc2nc1NC1CNCC2(CCOCC2)C1. The third-order valence-corrected chi connectivity index (χ3v) is 5.17. The fraction of sp³-hybridized carbons (Fsp3) is 0.500. The Labute approximate surface area is 141 Å². The van der Waals surface area contributed by atoms with E-state index in [0.29, 0.717) is 22.4 Å². The van der Waals surface area contributed by atoms with Gasteiger partial charge < -0.3 is 15.4 Å². The number of nitrogens with zero attached hydrogens (tertiary/aromatic N) is 3. The molecule has 6 nitrogen and oxygen atoms in total.